The molecule has 0 bridgehead atoms. The van der Waals surface area contributed by atoms with Crippen LogP contribution in [0.1, 0.15) is 34.3 Å². The van der Waals surface area contributed by atoms with E-state index in [1.165, 1.54) is 12.1 Å². The highest BCUT2D eigenvalue weighted by atomic mass is 35.5. The van der Waals surface area contributed by atoms with Crippen LogP contribution in [0.3, 0.4) is 0 Å². The summed E-state index contributed by atoms with van der Waals surface area (Å²) in [4.78, 5) is 11.5. The molecule has 1 rings (SSSR count). The van der Waals surface area contributed by atoms with Crippen LogP contribution in [0.15, 0.2) is 18.2 Å². The van der Waals surface area contributed by atoms with Crippen LogP contribution in [0.2, 0.25) is 0 Å². The minimum Gasteiger partial charge on any atom is -0.294 e. The Morgan fingerprint density at radius 2 is 2.13 bits per heavy atom. The van der Waals surface area contributed by atoms with E-state index in [2.05, 4.69) is 0 Å². The highest BCUT2D eigenvalue weighted by Gasteiger charge is 2.17. The molecule has 1 nitrogen and oxygen atoms in total. The smallest absolute Gasteiger partial charge is 0.264 e. The predicted octanol–water partition coefficient (Wildman–Crippen LogP) is 3.74. The lowest BCUT2D eigenvalue weighted by Gasteiger charge is -2.08. The first kappa shape index (κ1) is 12.1. The Labute approximate surface area is 92.1 Å². The van der Waals surface area contributed by atoms with Gasteiger partial charge in [-0.3, -0.25) is 4.79 Å². The largest absolute Gasteiger partial charge is 0.294 e. The molecule has 0 aliphatic rings. The first-order valence-electron chi connectivity index (χ1n) is 4.54. The van der Waals surface area contributed by atoms with Gasteiger partial charge in [-0.1, -0.05) is 17.7 Å². The van der Waals surface area contributed by atoms with Gasteiger partial charge >= 0.3 is 0 Å². The molecule has 82 valence electrons. The van der Waals surface area contributed by atoms with E-state index in [1.54, 1.807) is 13.0 Å². The van der Waals surface area contributed by atoms with E-state index < -0.39 is 6.43 Å². The monoisotopic (exact) mass is 232 g/mol. The summed E-state index contributed by atoms with van der Waals surface area (Å²) in [6.07, 6.45) is -2.54. The molecule has 0 aromatic heterocycles. The van der Waals surface area contributed by atoms with Crippen LogP contribution in [0.4, 0.5) is 8.78 Å². The van der Waals surface area contributed by atoms with E-state index in [1.807, 2.05) is 0 Å². The van der Waals surface area contributed by atoms with Crippen molar-refractivity contribution < 1.29 is 13.6 Å². The Morgan fingerprint density at radius 1 is 1.47 bits per heavy atom. The van der Waals surface area contributed by atoms with Crippen molar-refractivity contribution in [3.63, 3.8) is 0 Å². The van der Waals surface area contributed by atoms with Gasteiger partial charge in [-0.05, 0) is 13.0 Å². The van der Waals surface area contributed by atoms with Crippen molar-refractivity contribution in [1.29, 1.82) is 0 Å². The summed E-state index contributed by atoms with van der Waals surface area (Å²) in [6, 6.07) is 4.34. The predicted molar refractivity (Wildman–Crippen MR) is 55.8 cm³/mol. The van der Waals surface area contributed by atoms with Crippen molar-refractivity contribution in [2.24, 2.45) is 0 Å². The quantitative estimate of drug-likeness (QED) is 0.571. The second-order valence-electron chi connectivity index (χ2n) is 3.25. The molecule has 0 fully saturated rings. The summed E-state index contributed by atoms with van der Waals surface area (Å²) in [5.41, 5.74) is 0.665. The molecule has 1 aromatic carbocycles. The molecule has 1 aromatic rings. The lowest BCUT2D eigenvalue weighted by atomic mass is 10.00. The minimum atomic E-state index is -2.63. The van der Waals surface area contributed by atoms with Crippen LogP contribution in [0, 0.1) is 6.92 Å². The summed E-state index contributed by atoms with van der Waals surface area (Å²) in [6.45, 7) is 1.76. The van der Waals surface area contributed by atoms with Crippen LogP contribution in [0.5, 0.6) is 0 Å². The van der Waals surface area contributed by atoms with Crippen molar-refractivity contribution in [3.05, 3.63) is 34.9 Å². The Balaban J connectivity index is 3.12. The second-order valence-corrected chi connectivity index (χ2v) is 3.63. The molecule has 0 aliphatic carbocycles. The number of Topliss-reactive ketones (excluding diaryl/α,β-unsaturated/α-hetero) is 1. The van der Waals surface area contributed by atoms with Gasteiger partial charge in [0.05, 0.1) is 0 Å². The molecule has 0 spiro atoms. The Morgan fingerprint density at radius 3 is 2.67 bits per heavy atom. The van der Waals surface area contributed by atoms with Crippen LogP contribution < -0.4 is 0 Å². The number of ketones is 1. The third-order valence-corrected chi connectivity index (χ3v) is 2.25. The summed E-state index contributed by atoms with van der Waals surface area (Å²) in [5.74, 6) is -0.181. The molecule has 0 heterocycles. The molecule has 15 heavy (non-hydrogen) atoms. The maximum atomic E-state index is 12.6. The average molecular weight is 233 g/mol. The number of halogens is 3. The lowest BCUT2D eigenvalue weighted by molar-refractivity contribution is 0.0975. The number of alkyl halides is 3. The number of benzene rings is 1. The topological polar surface area (TPSA) is 17.1 Å². The van der Waals surface area contributed by atoms with E-state index >= 15 is 0 Å². The van der Waals surface area contributed by atoms with Gasteiger partial charge in [0.25, 0.3) is 6.43 Å². The second kappa shape index (κ2) is 5.21. The number of hydrogen-bond donors (Lipinski definition) is 0. The van der Waals surface area contributed by atoms with Crippen molar-refractivity contribution in [2.45, 2.75) is 19.8 Å². The number of carbonyl (C=O) groups is 1. The van der Waals surface area contributed by atoms with Crippen molar-refractivity contribution in [1.82, 2.24) is 0 Å². The van der Waals surface area contributed by atoms with Gasteiger partial charge in [-0.25, -0.2) is 8.78 Å². The number of hydrogen-bond acceptors (Lipinski definition) is 1. The van der Waals surface area contributed by atoms with E-state index in [4.69, 9.17) is 11.6 Å². The molecule has 0 N–H and O–H groups in total. The zero-order valence-electron chi connectivity index (χ0n) is 8.27. The molecule has 0 aliphatic heterocycles. The van der Waals surface area contributed by atoms with Gasteiger partial charge in [0.2, 0.25) is 0 Å². The summed E-state index contributed by atoms with van der Waals surface area (Å²) in [5, 5.41) is 0. The Bertz CT molecular complexity index is 364. The summed E-state index contributed by atoms with van der Waals surface area (Å²) in [7, 11) is 0. The zero-order chi connectivity index (χ0) is 11.4. The fraction of sp³-hybridized carbons (Fsp3) is 0.364. The molecule has 0 atom stereocenters. The molecule has 0 unspecified atom stereocenters. The molecule has 0 saturated carbocycles. The number of carbonyl (C=O) groups excluding carboxylic acids is 1. The molecule has 4 heteroatoms. The summed E-state index contributed by atoms with van der Waals surface area (Å²) >= 11 is 5.41. The van der Waals surface area contributed by atoms with Crippen LogP contribution >= 0.6 is 11.6 Å². The fourth-order valence-corrected chi connectivity index (χ4v) is 1.49. The number of rotatable bonds is 4. The van der Waals surface area contributed by atoms with E-state index in [0.29, 0.717) is 0 Å². The van der Waals surface area contributed by atoms with Crippen LogP contribution in [-0.4, -0.2) is 11.7 Å². The lowest BCUT2D eigenvalue weighted by Crippen LogP contribution is -2.05. The standard InChI is InChI=1S/C11H11ClF2O/c1-7-2-3-8(11(13)14)9(6-7)10(15)4-5-12/h2-3,6,11H,4-5H2,1H3. The highest BCUT2D eigenvalue weighted by Crippen LogP contribution is 2.24. The minimum absolute atomic E-state index is 0.0880. The van der Waals surface area contributed by atoms with Gasteiger partial charge in [0.15, 0.2) is 5.78 Å². The SMILES string of the molecule is Cc1ccc(C(F)F)c(C(=O)CCCl)c1. The first-order valence-corrected chi connectivity index (χ1v) is 5.07. The summed E-state index contributed by atoms with van der Waals surface area (Å²) < 4.78 is 25.1. The maximum absolute atomic E-state index is 12.6. The third-order valence-electron chi connectivity index (χ3n) is 2.07. The van der Waals surface area contributed by atoms with E-state index in [-0.39, 0.29) is 29.2 Å². The van der Waals surface area contributed by atoms with Crippen molar-refractivity contribution in [3.8, 4) is 0 Å². The van der Waals surface area contributed by atoms with Crippen LogP contribution in [0.25, 0.3) is 0 Å². The van der Waals surface area contributed by atoms with E-state index in [9.17, 15) is 13.6 Å². The average Bonchev–Trinajstić information content (AvgIpc) is 2.17. The zero-order valence-corrected chi connectivity index (χ0v) is 9.02. The van der Waals surface area contributed by atoms with Crippen molar-refractivity contribution >= 4 is 17.4 Å². The molecule has 0 saturated heterocycles. The van der Waals surface area contributed by atoms with Gasteiger partial charge in [0.1, 0.15) is 0 Å². The normalized spacial score (nSPS) is 10.7. The van der Waals surface area contributed by atoms with Gasteiger partial charge in [-0.15, -0.1) is 11.6 Å². The van der Waals surface area contributed by atoms with Gasteiger partial charge < -0.3 is 0 Å². The third kappa shape index (κ3) is 2.99. The van der Waals surface area contributed by atoms with Gasteiger partial charge in [0, 0.05) is 23.4 Å². The fourth-order valence-electron chi connectivity index (χ4n) is 1.32. The molecular formula is C11H11ClF2O. The Hall–Kier alpha value is -0.960. The maximum Gasteiger partial charge on any atom is 0.264 e. The van der Waals surface area contributed by atoms with E-state index in [0.717, 1.165) is 5.56 Å². The highest BCUT2D eigenvalue weighted by molar-refractivity contribution is 6.19. The van der Waals surface area contributed by atoms with Crippen LogP contribution in [-0.2, 0) is 0 Å². The molecular weight excluding hydrogens is 222 g/mol. The molecule has 0 amide bonds. The van der Waals surface area contributed by atoms with Gasteiger partial charge in [-0.2, -0.15) is 0 Å². The Kier molecular flexibility index (Phi) is 4.21. The number of aryl methyl sites for hydroxylation is 1. The van der Waals surface area contributed by atoms with Crippen molar-refractivity contribution in [2.75, 3.05) is 5.88 Å². The first-order chi connectivity index (χ1) is 7.06. The molecule has 0 radical (unpaired) electrons.